The van der Waals surface area contributed by atoms with E-state index in [4.69, 9.17) is 9.84 Å². The standard InChI is InChI=1S/C11H10O6/c1-5(12)8-3-7(14)4-9(11(15)16)10(8)17-6(2)13/h3-4,14H,1-2H3,(H,15,16). The molecular weight excluding hydrogens is 228 g/mol. The first kappa shape index (κ1) is 12.7. The number of carboxylic acid groups (broad SMARTS) is 1. The van der Waals surface area contributed by atoms with Crippen LogP contribution in [0.15, 0.2) is 12.1 Å². The van der Waals surface area contributed by atoms with Gasteiger partial charge in [0.05, 0.1) is 5.56 Å². The summed E-state index contributed by atoms with van der Waals surface area (Å²) in [5.41, 5.74) is -0.594. The van der Waals surface area contributed by atoms with Crippen LogP contribution in [-0.2, 0) is 4.79 Å². The number of phenols is 1. The van der Waals surface area contributed by atoms with E-state index in [1.54, 1.807) is 0 Å². The van der Waals surface area contributed by atoms with Crippen molar-refractivity contribution in [3.8, 4) is 11.5 Å². The summed E-state index contributed by atoms with van der Waals surface area (Å²) in [7, 11) is 0. The van der Waals surface area contributed by atoms with Gasteiger partial charge in [0.1, 0.15) is 11.3 Å². The highest BCUT2D eigenvalue weighted by molar-refractivity contribution is 6.03. The van der Waals surface area contributed by atoms with Gasteiger partial charge in [-0.25, -0.2) is 4.79 Å². The number of carbonyl (C=O) groups is 3. The third-order valence-corrected chi connectivity index (χ3v) is 1.93. The molecule has 0 saturated heterocycles. The molecule has 0 amide bonds. The third-order valence-electron chi connectivity index (χ3n) is 1.93. The number of rotatable bonds is 3. The average molecular weight is 238 g/mol. The molecule has 0 saturated carbocycles. The SMILES string of the molecule is CC(=O)Oc1c(C(C)=O)cc(O)cc1C(=O)O. The first-order valence-corrected chi connectivity index (χ1v) is 4.62. The van der Waals surface area contributed by atoms with Gasteiger partial charge in [-0.2, -0.15) is 0 Å². The molecule has 0 fully saturated rings. The molecule has 0 aliphatic rings. The molecule has 17 heavy (non-hydrogen) atoms. The number of hydrogen-bond acceptors (Lipinski definition) is 5. The Hall–Kier alpha value is -2.37. The summed E-state index contributed by atoms with van der Waals surface area (Å²) in [5, 5.41) is 18.2. The van der Waals surface area contributed by atoms with Crippen molar-refractivity contribution in [2.24, 2.45) is 0 Å². The van der Waals surface area contributed by atoms with Crippen molar-refractivity contribution in [2.45, 2.75) is 13.8 Å². The Morgan fingerprint density at radius 3 is 2.06 bits per heavy atom. The number of esters is 1. The summed E-state index contributed by atoms with van der Waals surface area (Å²) in [4.78, 5) is 33.1. The number of aromatic hydroxyl groups is 1. The van der Waals surface area contributed by atoms with Gasteiger partial charge in [-0.15, -0.1) is 0 Å². The zero-order valence-corrected chi connectivity index (χ0v) is 9.18. The lowest BCUT2D eigenvalue weighted by molar-refractivity contribution is -0.131. The fraction of sp³-hybridized carbons (Fsp3) is 0.182. The molecule has 1 aromatic rings. The zero-order chi connectivity index (χ0) is 13.2. The fourth-order valence-corrected chi connectivity index (χ4v) is 1.29. The number of benzene rings is 1. The smallest absolute Gasteiger partial charge is 0.339 e. The van der Waals surface area contributed by atoms with Crippen LogP contribution in [0.3, 0.4) is 0 Å². The van der Waals surface area contributed by atoms with Crippen LogP contribution in [0, 0.1) is 0 Å². The molecule has 6 nitrogen and oxygen atoms in total. The molecule has 6 heteroatoms. The Morgan fingerprint density at radius 1 is 1.12 bits per heavy atom. The highest BCUT2D eigenvalue weighted by Gasteiger charge is 2.21. The van der Waals surface area contributed by atoms with Crippen LogP contribution >= 0.6 is 0 Å². The monoisotopic (exact) mass is 238 g/mol. The molecule has 0 unspecified atom stereocenters. The van der Waals surface area contributed by atoms with E-state index in [-0.39, 0.29) is 17.1 Å². The number of ether oxygens (including phenoxy) is 1. The topological polar surface area (TPSA) is 101 Å². The second-order valence-corrected chi connectivity index (χ2v) is 3.32. The van der Waals surface area contributed by atoms with Gasteiger partial charge < -0.3 is 14.9 Å². The number of phenolic OH excluding ortho intramolecular Hbond substituents is 1. The predicted molar refractivity (Wildman–Crippen MR) is 56.4 cm³/mol. The van der Waals surface area contributed by atoms with Crippen LogP contribution in [0.25, 0.3) is 0 Å². The minimum absolute atomic E-state index is 0.155. The molecule has 0 radical (unpaired) electrons. The Bertz CT molecular complexity index is 468. The van der Waals surface area contributed by atoms with Crippen LogP contribution < -0.4 is 4.74 Å². The largest absolute Gasteiger partial charge is 0.508 e. The van der Waals surface area contributed by atoms with Crippen molar-refractivity contribution in [1.82, 2.24) is 0 Å². The lowest BCUT2D eigenvalue weighted by Gasteiger charge is -2.10. The van der Waals surface area contributed by atoms with E-state index in [9.17, 15) is 19.5 Å². The van der Waals surface area contributed by atoms with Crippen molar-refractivity contribution in [3.63, 3.8) is 0 Å². The second-order valence-electron chi connectivity index (χ2n) is 3.32. The molecule has 1 rings (SSSR count). The van der Waals surface area contributed by atoms with Gasteiger partial charge in [0, 0.05) is 6.92 Å². The highest BCUT2D eigenvalue weighted by Crippen LogP contribution is 2.29. The van der Waals surface area contributed by atoms with E-state index in [0.29, 0.717) is 0 Å². The molecule has 0 spiro atoms. The van der Waals surface area contributed by atoms with E-state index < -0.39 is 23.3 Å². The van der Waals surface area contributed by atoms with E-state index >= 15 is 0 Å². The lowest BCUT2D eigenvalue weighted by atomic mass is 10.0. The van der Waals surface area contributed by atoms with Crippen molar-refractivity contribution in [3.05, 3.63) is 23.3 Å². The lowest BCUT2D eigenvalue weighted by Crippen LogP contribution is -2.11. The summed E-state index contributed by atoms with van der Waals surface area (Å²) >= 11 is 0. The van der Waals surface area contributed by atoms with Crippen LogP contribution in [0.5, 0.6) is 11.5 Å². The summed E-state index contributed by atoms with van der Waals surface area (Å²) in [6.07, 6.45) is 0. The zero-order valence-electron chi connectivity index (χ0n) is 9.18. The Balaban J connectivity index is 3.52. The van der Waals surface area contributed by atoms with Gasteiger partial charge in [-0.1, -0.05) is 0 Å². The molecule has 1 aromatic carbocycles. The van der Waals surface area contributed by atoms with Gasteiger partial charge in [0.15, 0.2) is 11.5 Å². The molecule has 2 N–H and O–H groups in total. The van der Waals surface area contributed by atoms with Gasteiger partial charge in [0.2, 0.25) is 0 Å². The maximum absolute atomic E-state index is 11.3. The van der Waals surface area contributed by atoms with Crippen LogP contribution in [0.4, 0.5) is 0 Å². The third kappa shape index (κ3) is 2.81. The van der Waals surface area contributed by atoms with Gasteiger partial charge in [-0.05, 0) is 19.1 Å². The number of Topliss-reactive ketones (excluding diaryl/α,β-unsaturated/α-hetero) is 1. The van der Waals surface area contributed by atoms with Crippen LogP contribution in [0.1, 0.15) is 34.6 Å². The summed E-state index contributed by atoms with van der Waals surface area (Å²) < 4.78 is 4.70. The van der Waals surface area contributed by atoms with E-state index in [0.717, 1.165) is 19.1 Å². The molecule has 0 aliphatic heterocycles. The first-order chi connectivity index (χ1) is 7.82. The van der Waals surface area contributed by atoms with E-state index in [2.05, 4.69) is 0 Å². The summed E-state index contributed by atoms with van der Waals surface area (Å²) in [6, 6.07) is 1.96. The second kappa shape index (κ2) is 4.65. The fourth-order valence-electron chi connectivity index (χ4n) is 1.29. The van der Waals surface area contributed by atoms with Crippen molar-refractivity contribution in [1.29, 1.82) is 0 Å². The van der Waals surface area contributed by atoms with Crippen molar-refractivity contribution < 1.29 is 29.3 Å². The minimum atomic E-state index is -1.40. The first-order valence-electron chi connectivity index (χ1n) is 4.62. The normalized spacial score (nSPS) is 9.76. The number of aromatic carboxylic acids is 1. The molecule has 90 valence electrons. The number of ketones is 1. The van der Waals surface area contributed by atoms with Gasteiger partial charge >= 0.3 is 11.9 Å². The van der Waals surface area contributed by atoms with Gasteiger partial charge in [0.25, 0.3) is 0 Å². The summed E-state index contributed by atoms with van der Waals surface area (Å²) in [5.74, 6) is -3.40. The van der Waals surface area contributed by atoms with Crippen LogP contribution in [-0.4, -0.2) is 27.9 Å². The van der Waals surface area contributed by atoms with Crippen molar-refractivity contribution >= 4 is 17.7 Å². The average Bonchev–Trinajstić information content (AvgIpc) is 2.18. The Labute approximate surface area is 96.4 Å². The summed E-state index contributed by atoms with van der Waals surface area (Å²) in [6.45, 7) is 2.26. The maximum atomic E-state index is 11.3. The molecule has 0 bridgehead atoms. The number of carbonyl (C=O) groups excluding carboxylic acids is 2. The molecule has 0 atom stereocenters. The van der Waals surface area contributed by atoms with E-state index in [1.165, 1.54) is 6.92 Å². The molecule has 0 aromatic heterocycles. The minimum Gasteiger partial charge on any atom is -0.508 e. The predicted octanol–water partition coefficient (Wildman–Crippen LogP) is 1.22. The quantitative estimate of drug-likeness (QED) is 0.466. The Morgan fingerprint density at radius 2 is 1.65 bits per heavy atom. The number of carboxylic acids is 1. The van der Waals surface area contributed by atoms with Crippen molar-refractivity contribution in [2.75, 3.05) is 0 Å². The van der Waals surface area contributed by atoms with E-state index in [1.807, 2.05) is 0 Å². The maximum Gasteiger partial charge on any atom is 0.339 e. The molecule has 0 aliphatic carbocycles. The molecular formula is C11H10O6. The number of hydrogen-bond donors (Lipinski definition) is 2. The van der Waals surface area contributed by atoms with Gasteiger partial charge in [-0.3, -0.25) is 9.59 Å². The molecule has 0 heterocycles. The van der Waals surface area contributed by atoms with Crippen LogP contribution in [0.2, 0.25) is 0 Å². The Kier molecular flexibility index (Phi) is 3.47. The highest BCUT2D eigenvalue weighted by atomic mass is 16.5.